The molecule has 7 nitrogen and oxygen atoms in total. The van der Waals surface area contributed by atoms with Crippen LogP contribution in [0.4, 0.5) is 0 Å². The zero-order valence-electron chi connectivity index (χ0n) is 11.3. The van der Waals surface area contributed by atoms with Crippen LogP contribution in [0.15, 0.2) is 9.95 Å². The second-order valence-corrected chi connectivity index (χ2v) is 5.93. The molecule has 1 aromatic heterocycles. The molecule has 2 N–H and O–H groups in total. The molecule has 0 fully saturated rings. The predicted molar refractivity (Wildman–Crippen MR) is 71.5 cm³/mol. The number of ether oxygens (including phenoxy) is 1. The summed E-state index contributed by atoms with van der Waals surface area (Å²) >= 11 is 1.03. The van der Waals surface area contributed by atoms with E-state index >= 15 is 0 Å². The Morgan fingerprint density at radius 1 is 1.58 bits per heavy atom. The summed E-state index contributed by atoms with van der Waals surface area (Å²) in [7, 11) is 1.63. The lowest BCUT2D eigenvalue weighted by atomic mass is 9.90. The number of aromatic amines is 1. The molecule has 1 heterocycles. The summed E-state index contributed by atoms with van der Waals surface area (Å²) < 4.78 is 6.52. The number of aliphatic carboxylic acids is 1. The number of carboxylic acid groups (broad SMARTS) is 1. The van der Waals surface area contributed by atoms with E-state index in [2.05, 4.69) is 10.2 Å². The molecule has 0 aliphatic heterocycles. The van der Waals surface area contributed by atoms with Gasteiger partial charge in [0.1, 0.15) is 0 Å². The maximum absolute atomic E-state index is 11.7. The molecule has 0 bridgehead atoms. The van der Waals surface area contributed by atoms with E-state index in [0.717, 1.165) is 18.2 Å². The van der Waals surface area contributed by atoms with Gasteiger partial charge in [0.25, 0.3) is 0 Å². The number of nitrogens with zero attached hydrogens (tertiary/aromatic N) is 2. The van der Waals surface area contributed by atoms with Crippen LogP contribution in [0.25, 0.3) is 0 Å². The molecule has 0 aromatic carbocycles. The SMILES string of the molecule is COCCC(C)(C)Cn1c(SCC(=O)O)n[nH]c1=O. The van der Waals surface area contributed by atoms with Gasteiger partial charge < -0.3 is 9.84 Å². The van der Waals surface area contributed by atoms with Crippen molar-refractivity contribution >= 4 is 17.7 Å². The van der Waals surface area contributed by atoms with Crippen molar-refractivity contribution in [3.05, 3.63) is 10.5 Å². The lowest BCUT2D eigenvalue weighted by Crippen LogP contribution is -2.28. The third-order valence-corrected chi connectivity index (χ3v) is 3.58. The summed E-state index contributed by atoms with van der Waals surface area (Å²) in [6, 6.07) is 0. The van der Waals surface area contributed by atoms with E-state index in [-0.39, 0.29) is 16.9 Å². The molecular formula is C11H19N3O4S. The zero-order valence-corrected chi connectivity index (χ0v) is 12.1. The van der Waals surface area contributed by atoms with Crippen LogP contribution in [0, 0.1) is 5.41 Å². The van der Waals surface area contributed by atoms with Crippen LogP contribution in [-0.2, 0) is 16.1 Å². The molecular weight excluding hydrogens is 270 g/mol. The van der Waals surface area contributed by atoms with Crippen molar-refractivity contribution in [2.24, 2.45) is 5.41 Å². The predicted octanol–water partition coefficient (Wildman–Crippen LogP) is 0.811. The maximum Gasteiger partial charge on any atom is 0.343 e. The van der Waals surface area contributed by atoms with Crippen molar-refractivity contribution in [1.82, 2.24) is 14.8 Å². The molecule has 0 saturated heterocycles. The average Bonchev–Trinajstić information content (AvgIpc) is 2.65. The van der Waals surface area contributed by atoms with Crippen LogP contribution in [0.3, 0.4) is 0 Å². The Kier molecular flexibility index (Phi) is 5.61. The van der Waals surface area contributed by atoms with Gasteiger partial charge in [0, 0.05) is 20.3 Å². The van der Waals surface area contributed by atoms with E-state index in [1.54, 1.807) is 7.11 Å². The first-order valence-electron chi connectivity index (χ1n) is 5.84. The normalized spacial score (nSPS) is 11.7. The van der Waals surface area contributed by atoms with E-state index in [1.165, 1.54) is 4.57 Å². The van der Waals surface area contributed by atoms with Gasteiger partial charge in [-0.25, -0.2) is 9.89 Å². The molecule has 1 aromatic rings. The highest BCUT2D eigenvalue weighted by Gasteiger charge is 2.22. The van der Waals surface area contributed by atoms with Crippen LogP contribution in [0.1, 0.15) is 20.3 Å². The van der Waals surface area contributed by atoms with Gasteiger partial charge in [-0.3, -0.25) is 9.36 Å². The van der Waals surface area contributed by atoms with Crippen LogP contribution >= 0.6 is 11.8 Å². The van der Waals surface area contributed by atoms with Gasteiger partial charge in [0.15, 0.2) is 5.16 Å². The van der Waals surface area contributed by atoms with Gasteiger partial charge in [-0.05, 0) is 11.8 Å². The fraction of sp³-hybridized carbons (Fsp3) is 0.727. The molecule has 8 heteroatoms. The number of methoxy groups -OCH3 is 1. The number of nitrogens with one attached hydrogen (secondary N) is 1. The largest absolute Gasteiger partial charge is 0.481 e. The number of carbonyl (C=O) groups is 1. The van der Waals surface area contributed by atoms with Crippen molar-refractivity contribution < 1.29 is 14.6 Å². The number of thioether (sulfide) groups is 1. The molecule has 0 unspecified atom stereocenters. The summed E-state index contributed by atoms with van der Waals surface area (Å²) in [5.41, 5.74) is -0.458. The molecule has 19 heavy (non-hydrogen) atoms. The number of hydrogen-bond acceptors (Lipinski definition) is 5. The van der Waals surface area contributed by atoms with E-state index in [1.807, 2.05) is 13.8 Å². The number of aromatic nitrogens is 3. The van der Waals surface area contributed by atoms with Crippen LogP contribution in [0.5, 0.6) is 0 Å². The fourth-order valence-corrected chi connectivity index (χ4v) is 2.23. The first-order chi connectivity index (χ1) is 8.85. The molecule has 0 atom stereocenters. The highest BCUT2D eigenvalue weighted by atomic mass is 32.2. The van der Waals surface area contributed by atoms with Crippen molar-refractivity contribution in [2.45, 2.75) is 32.0 Å². The first-order valence-corrected chi connectivity index (χ1v) is 6.83. The van der Waals surface area contributed by atoms with Crippen LogP contribution in [0.2, 0.25) is 0 Å². The Balaban J connectivity index is 2.79. The summed E-state index contributed by atoms with van der Waals surface area (Å²) in [5.74, 6) is -1.06. The Morgan fingerprint density at radius 3 is 2.84 bits per heavy atom. The monoisotopic (exact) mass is 289 g/mol. The third-order valence-electron chi connectivity index (χ3n) is 2.62. The van der Waals surface area contributed by atoms with Crippen LogP contribution in [-0.4, -0.2) is 45.3 Å². The highest BCUT2D eigenvalue weighted by molar-refractivity contribution is 7.99. The topological polar surface area (TPSA) is 97.2 Å². The zero-order chi connectivity index (χ0) is 14.5. The van der Waals surface area contributed by atoms with Crippen molar-refractivity contribution in [3.63, 3.8) is 0 Å². The Morgan fingerprint density at radius 2 is 2.26 bits per heavy atom. The molecule has 0 saturated carbocycles. The van der Waals surface area contributed by atoms with Gasteiger partial charge in [0.2, 0.25) is 0 Å². The van der Waals surface area contributed by atoms with E-state index in [9.17, 15) is 9.59 Å². The highest BCUT2D eigenvalue weighted by Crippen LogP contribution is 2.24. The molecule has 1 rings (SSSR count). The average molecular weight is 289 g/mol. The van der Waals surface area contributed by atoms with Gasteiger partial charge in [-0.1, -0.05) is 25.6 Å². The van der Waals surface area contributed by atoms with E-state index in [4.69, 9.17) is 9.84 Å². The molecule has 0 amide bonds. The summed E-state index contributed by atoms with van der Waals surface area (Å²) in [4.78, 5) is 22.2. The maximum atomic E-state index is 11.7. The second-order valence-electron chi connectivity index (χ2n) is 4.99. The Labute approximate surface area is 115 Å². The molecule has 0 spiro atoms. The molecule has 108 valence electrons. The first kappa shape index (κ1) is 15.8. The summed E-state index contributed by atoms with van der Waals surface area (Å²) in [6.45, 7) is 5.12. The smallest absolute Gasteiger partial charge is 0.343 e. The molecule has 0 radical (unpaired) electrons. The lowest BCUT2D eigenvalue weighted by Gasteiger charge is -2.24. The fourth-order valence-electron chi connectivity index (χ4n) is 1.56. The van der Waals surface area contributed by atoms with Gasteiger partial charge >= 0.3 is 11.7 Å². The molecule has 0 aliphatic carbocycles. The van der Waals surface area contributed by atoms with Crippen LogP contribution < -0.4 is 5.69 Å². The molecule has 0 aliphatic rings. The number of hydrogen-bond donors (Lipinski definition) is 2. The van der Waals surface area contributed by atoms with Crippen molar-refractivity contribution in [1.29, 1.82) is 0 Å². The minimum atomic E-state index is -0.939. The van der Waals surface area contributed by atoms with Gasteiger partial charge in [-0.2, -0.15) is 0 Å². The standard InChI is InChI=1S/C11H19N3O4S/c1-11(2,4-5-18-3)7-14-9(17)12-13-10(14)19-6-8(15)16/h4-7H2,1-3H3,(H,12,17)(H,15,16). The number of rotatable bonds is 8. The quantitative estimate of drug-likeness (QED) is 0.687. The second kappa shape index (κ2) is 6.76. The Hall–Kier alpha value is -1.28. The third kappa shape index (κ3) is 5.07. The summed E-state index contributed by atoms with van der Waals surface area (Å²) in [6.07, 6.45) is 0.796. The van der Waals surface area contributed by atoms with E-state index < -0.39 is 5.97 Å². The lowest BCUT2D eigenvalue weighted by molar-refractivity contribution is -0.133. The number of carboxylic acids is 1. The number of H-pyrrole nitrogens is 1. The van der Waals surface area contributed by atoms with Gasteiger partial charge in [0.05, 0.1) is 5.75 Å². The minimum Gasteiger partial charge on any atom is -0.481 e. The van der Waals surface area contributed by atoms with E-state index in [0.29, 0.717) is 18.3 Å². The van der Waals surface area contributed by atoms with Gasteiger partial charge in [-0.15, -0.1) is 5.10 Å². The van der Waals surface area contributed by atoms with Crippen molar-refractivity contribution in [2.75, 3.05) is 19.5 Å². The Bertz CT molecular complexity index is 481. The minimum absolute atomic E-state index is 0.122. The summed E-state index contributed by atoms with van der Waals surface area (Å²) in [5, 5.41) is 15.3. The van der Waals surface area contributed by atoms with Crippen molar-refractivity contribution in [3.8, 4) is 0 Å².